The molecule has 3 N–H and O–H groups in total. The number of rotatable bonds is 6. The number of phenolic OH excluding ortho intramolecular Hbond substituents is 1. The molecular formula is C29H26Cl2N4O3. The molecule has 0 saturated heterocycles. The molecule has 0 spiro atoms. The molecule has 1 aromatic heterocycles. The van der Waals surface area contributed by atoms with Gasteiger partial charge in [-0.3, -0.25) is 4.79 Å². The maximum absolute atomic E-state index is 13.2. The minimum atomic E-state index is -0.371. The van der Waals surface area contributed by atoms with Crippen LogP contribution in [-0.4, -0.2) is 26.8 Å². The van der Waals surface area contributed by atoms with Crippen LogP contribution in [0.4, 0.5) is 10.5 Å². The SMILES string of the molecule is O=C(Nc1ccc(O)c(-c2cc(C3CCCC3)n(C(=O)NCc3ccccc3Cl)n2)c1)c1ccc(Cl)cc1. The van der Waals surface area contributed by atoms with Gasteiger partial charge in [-0.25, -0.2) is 4.79 Å². The molecule has 5 rings (SSSR count). The molecule has 0 aliphatic heterocycles. The second-order valence-corrected chi connectivity index (χ2v) is 10.1. The first-order valence-electron chi connectivity index (χ1n) is 12.4. The van der Waals surface area contributed by atoms with E-state index in [9.17, 15) is 14.7 Å². The molecule has 0 unspecified atom stereocenters. The van der Waals surface area contributed by atoms with Gasteiger partial charge in [-0.15, -0.1) is 0 Å². The first-order chi connectivity index (χ1) is 18.4. The van der Waals surface area contributed by atoms with E-state index < -0.39 is 0 Å². The van der Waals surface area contributed by atoms with E-state index >= 15 is 0 Å². The van der Waals surface area contributed by atoms with E-state index in [0.717, 1.165) is 36.9 Å². The van der Waals surface area contributed by atoms with Crippen molar-refractivity contribution in [2.24, 2.45) is 0 Å². The molecule has 7 nitrogen and oxygen atoms in total. The summed E-state index contributed by atoms with van der Waals surface area (Å²) in [7, 11) is 0. The third-order valence-electron chi connectivity index (χ3n) is 6.73. The van der Waals surface area contributed by atoms with Crippen molar-refractivity contribution in [3.8, 4) is 17.0 Å². The lowest BCUT2D eigenvalue weighted by molar-refractivity contribution is 0.102. The summed E-state index contributed by atoms with van der Waals surface area (Å²) < 4.78 is 1.39. The van der Waals surface area contributed by atoms with E-state index in [1.165, 1.54) is 10.7 Å². The summed E-state index contributed by atoms with van der Waals surface area (Å²) in [6.07, 6.45) is 4.10. The third kappa shape index (κ3) is 5.69. The van der Waals surface area contributed by atoms with E-state index in [0.29, 0.717) is 32.6 Å². The van der Waals surface area contributed by atoms with Crippen molar-refractivity contribution in [1.29, 1.82) is 0 Å². The van der Waals surface area contributed by atoms with Gasteiger partial charge < -0.3 is 15.7 Å². The van der Waals surface area contributed by atoms with Gasteiger partial charge in [0.15, 0.2) is 0 Å². The third-order valence-corrected chi connectivity index (χ3v) is 7.35. The van der Waals surface area contributed by atoms with E-state index in [2.05, 4.69) is 15.7 Å². The monoisotopic (exact) mass is 548 g/mol. The Morgan fingerprint density at radius 1 is 0.974 bits per heavy atom. The summed E-state index contributed by atoms with van der Waals surface area (Å²) in [4.78, 5) is 25.9. The van der Waals surface area contributed by atoms with Gasteiger partial charge in [0.25, 0.3) is 5.91 Å². The van der Waals surface area contributed by atoms with Crippen LogP contribution in [0.1, 0.15) is 53.2 Å². The molecule has 0 bridgehead atoms. The maximum atomic E-state index is 13.2. The zero-order valence-corrected chi connectivity index (χ0v) is 22.0. The second kappa shape index (κ2) is 11.3. The Labute approximate surface area is 230 Å². The molecular weight excluding hydrogens is 523 g/mol. The van der Waals surface area contributed by atoms with Crippen LogP contribution in [0.2, 0.25) is 10.0 Å². The smallest absolute Gasteiger partial charge is 0.342 e. The van der Waals surface area contributed by atoms with E-state index in [-0.39, 0.29) is 30.2 Å². The largest absolute Gasteiger partial charge is 0.507 e. The molecule has 0 radical (unpaired) electrons. The van der Waals surface area contributed by atoms with Crippen molar-refractivity contribution in [2.75, 3.05) is 5.32 Å². The highest BCUT2D eigenvalue weighted by atomic mass is 35.5. The van der Waals surface area contributed by atoms with Crippen molar-refractivity contribution in [3.05, 3.63) is 99.7 Å². The molecule has 0 atom stereocenters. The number of nitrogens with one attached hydrogen (secondary N) is 2. The Kier molecular flexibility index (Phi) is 7.67. The number of nitrogens with zero attached hydrogens (tertiary/aromatic N) is 2. The van der Waals surface area contributed by atoms with Crippen molar-refractivity contribution in [3.63, 3.8) is 0 Å². The summed E-state index contributed by atoms with van der Waals surface area (Å²) in [6, 6.07) is 20.1. The fraction of sp³-hybridized carbons (Fsp3) is 0.207. The zero-order valence-electron chi connectivity index (χ0n) is 20.5. The number of hydrogen-bond donors (Lipinski definition) is 3. The van der Waals surface area contributed by atoms with Crippen LogP contribution in [0.25, 0.3) is 11.3 Å². The van der Waals surface area contributed by atoms with Gasteiger partial charge in [0.1, 0.15) is 5.75 Å². The van der Waals surface area contributed by atoms with Gasteiger partial charge in [-0.1, -0.05) is 54.2 Å². The van der Waals surface area contributed by atoms with Gasteiger partial charge in [0.05, 0.1) is 11.4 Å². The predicted molar refractivity (Wildman–Crippen MR) is 149 cm³/mol. The number of hydrogen-bond acceptors (Lipinski definition) is 4. The van der Waals surface area contributed by atoms with Crippen molar-refractivity contribution < 1.29 is 14.7 Å². The average Bonchev–Trinajstić information content (AvgIpc) is 3.60. The van der Waals surface area contributed by atoms with Gasteiger partial charge in [-0.05, 0) is 73.0 Å². The number of anilines is 1. The summed E-state index contributed by atoms with van der Waals surface area (Å²) in [6.45, 7) is 0.259. The van der Waals surface area contributed by atoms with Crippen molar-refractivity contribution >= 4 is 40.8 Å². The number of phenols is 1. The predicted octanol–water partition coefficient (Wildman–Crippen LogP) is 7.23. The van der Waals surface area contributed by atoms with E-state index in [1.54, 1.807) is 42.5 Å². The second-order valence-electron chi connectivity index (χ2n) is 9.29. The Balaban J connectivity index is 1.42. The molecule has 1 aliphatic rings. The van der Waals surface area contributed by atoms with Gasteiger partial charge >= 0.3 is 6.03 Å². The van der Waals surface area contributed by atoms with Gasteiger partial charge in [-0.2, -0.15) is 9.78 Å². The zero-order chi connectivity index (χ0) is 26.6. The molecule has 2 amide bonds. The Bertz CT molecular complexity index is 1480. The Hall–Kier alpha value is -3.81. The van der Waals surface area contributed by atoms with Crippen LogP contribution in [-0.2, 0) is 6.54 Å². The highest BCUT2D eigenvalue weighted by Gasteiger charge is 2.26. The lowest BCUT2D eigenvalue weighted by atomic mass is 10.0. The summed E-state index contributed by atoms with van der Waals surface area (Å²) in [5, 5.41) is 22.1. The van der Waals surface area contributed by atoms with Crippen LogP contribution in [0, 0.1) is 0 Å². The molecule has 1 saturated carbocycles. The molecule has 4 aromatic rings. The highest BCUT2D eigenvalue weighted by Crippen LogP contribution is 2.38. The van der Waals surface area contributed by atoms with Crippen LogP contribution in [0.3, 0.4) is 0 Å². The Morgan fingerprint density at radius 2 is 1.71 bits per heavy atom. The van der Waals surface area contributed by atoms with Crippen LogP contribution < -0.4 is 10.6 Å². The number of benzene rings is 3. The number of carbonyl (C=O) groups is 2. The molecule has 38 heavy (non-hydrogen) atoms. The fourth-order valence-electron chi connectivity index (χ4n) is 4.71. The molecule has 1 aliphatic carbocycles. The molecule has 3 aromatic carbocycles. The molecule has 1 fully saturated rings. The summed E-state index contributed by atoms with van der Waals surface area (Å²) >= 11 is 12.2. The topological polar surface area (TPSA) is 96.2 Å². The minimum absolute atomic E-state index is 0.00594. The standard InChI is InChI=1S/C29H26Cl2N4O3/c30-21-11-9-19(10-12-21)28(37)33-22-13-14-27(36)23(15-22)25-16-26(18-5-1-2-6-18)35(34-25)29(38)32-17-20-7-3-4-8-24(20)31/h3-4,7-16,18,36H,1-2,5-6,17H2,(H,32,38)(H,33,37). The Morgan fingerprint density at radius 3 is 2.45 bits per heavy atom. The van der Waals surface area contributed by atoms with Crippen LogP contribution in [0.5, 0.6) is 5.75 Å². The summed E-state index contributed by atoms with van der Waals surface area (Å²) in [5.74, 6) is -0.125. The van der Waals surface area contributed by atoms with Crippen molar-refractivity contribution in [2.45, 2.75) is 38.1 Å². The number of aromatic nitrogens is 2. The first kappa shape index (κ1) is 25.8. The molecule has 1 heterocycles. The quantitative estimate of drug-likeness (QED) is 0.221. The first-order valence-corrected chi connectivity index (χ1v) is 13.2. The lowest BCUT2D eigenvalue weighted by Crippen LogP contribution is -2.30. The van der Waals surface area contributed by atoms with Crippen molar-refractivity contribution in [1.82, 2.24) is 15.1 Å². The fourth-order valence-corrected chi connectivity index (χ4v) is 5.04. The number of halogens is 2. The van der Waals surface area contributed by atoms with E-state index in [1.807, 2.05) is 24.3 Å². The number of aromatic hydroxyl groups is 1. The van der Waals surface area contributed by atoms with Crippen LogP contribution in [0.15, 0.2) is 72.8 Å². The maximum Gasteiger partial charge on any atom is 0.342 e. The van der Waals surface area contributed by atoms with Gasteiger partial charge in [0.2, 0.25) is 0 Å². The average molecular weight is 549 g/mol. The minimum Gasteiger partial charge on any atom is -0.507 e. The summed E-state index contributed by atoms with van der Waals surface area (Å²) in [5.41, 5.74) is 3.39. The highest BCUT2D eigenvalue weighted by molar-refractivity contribution is 6.31. The number of amides is 2. The lowest BCUT2D eigenvalue weighted by Gasteiger charge is -2.12. The normalized spacial score (nSPS) is 13.4. The van der Waals surface area contributed by atoms with Gasteiger partial charge in [0, 0.05) is 39.3 Å². The number of carbonyl (C=O) groups excluding carboxylic acids is 2. The van der Waals surface area contributed by atoms with E-state index in [4.69, 9.17) is 23.2 Å². The molecule has 9 heteroatoms. The van der Waals surface area contributed by atoms with Crippen LogP contribution >= 0.6 is 23.2 Å². The molecule has 194 valence electrons.